The summed E-state index contributed by atoms with van der Waals surface area (Å²) in [6, 6.07) is 20.1. The summed E-state index contributed by atoms with van der Waals surface area (Å²) in [6.45, 7) is 0.533. The number of nitrogens with one attached hydrogen (secondary N) is 2. The molecule has 0 spiro atoms. The van der Waals surface area contributed by atoms with Gasteiger partial charge in [0, 0.05) is 17.5 Å². The Morgan fingerprint density at radius 1 is 0.969 bits per heavy atom. The number of amides is 2. The van der Waals surface area contributed by atoms with Gasteiger partial charge in [-0.1, -0.05) is 48.0 Å². The maximum absolute atomic E-state index is 12.8. The molecule has 1 fully saturated rings. The second kappa shape index (κ2) is 8.55. The lowest BCUT2D eigenvalue weighted by molar-refractivity contribution is -0.117. The molecule has 1 aliphatic carbocycles. The number of halogens is 1. The Kier molecular flexibility index (Phi) is 5.45. The van der Waals surface area contributed by atoms with Gasteiger partial charge in [-0.2, -0.15) is 0 Å². The first kappa shape index (κ1) is 20.4. The van der Waals surface area contributed by atoms with E-state index in [1.165, 1.54) is 0 Å². The number of carbonyl (C=O) groups excluding carboxylic acids is 2. The predicted molar refractivity (Wildman–Crippen MR) is 121 cm³/mol. The van der Waals surface area contributed by atoms with Crippen molar-refractivity contribution in [3.63, 3.8) is 0 Å². The average Bonchev–Trinajstić information content (AvgIpc) is 3.47. The van der Waals surface area contributed by atoms with Gasteiger partial charge in [0.15, 0.2) is 11.5 Å². The molecule has 162 valence electrons. The molecule has 0 aromatic heterocycles. The maximum Gasteiger partial charge on any atom is 0.253 e. The highest BCUT2D eigenvalue weighted by Gasteiger charge is 2.45. The summed E-state index contributed by atoms with van der Waals surface area (Å²) in [7, 11) is 0. The molecule has 0 saturated heterocycles. The standard InChI is InChI=1S/C25H21ClN2O4/c26-20-7-3-1-5-16(20)18-12-19(18)25(30)28-21-8-4-2-6-17(21)24(29)27-13-15-9-10-22-23(11-15)32-14-31-22/h1-11,18-19H,12-14H2,(H,27,29)(H,28,30). The van der Waals surface area contributed by atoms with E-state index in [4.69, 9.17) is 21.1 Å². The quantitative estimate of drug-likeness (QED) is 0.571. The molecule has 2 atom stereocenters. The van der Waals surface area contributed by atoms with E-state index in [9.17, 15) is 9.59 Å². The van der Waals surface area contributed by atoms with Gasteiger partial charge in [-0.3, -0.25) is 9.59 Å². The van der Waals surface area contributed by atoms with Crippen LogP contribution in [0.4, 0.5) is 5.69 Å². The molecular weight excluding hydrogens is 428 g/mol. The summed E-state index contributed by atoms with van der Waals surface area (Å²) >= 11 is 6.27. The zero-order valence-corrected chi connectivity index (χ0v) is 17.9. The topological polar surface area (TPSA) is 76.7 Å². The van der Waals surface area contributed by atoms with E-state index >= 15 is 0 Å². The van der Waals surface area contributed by atoms with Crippen molar-refractivity contribution in [1.82, 2.24) is 5.32 Å². The Morgan fingerprint density at radius 3 is 2.62 bits per heavy atom. The molecule has 2 amide bonds. The summed E-state index contributed by atoms with van der Waals surface area (Å²) in [4.78, 5) is 25.7. The minimum atomic E-state index is -0.267. The highest BCUT2D eigenvalue weighted by Crippen LogP contribution is 2.50. The zero-order valence-electron chi connectivity index (χ0n) is 17.1. The van der Waals surface area contributed by atoms with Crippen molar-refractivity contribution < 1.29 is 19.1 Å². The summed E-state index contributed by atoms with van der Waals surface area (Å²) in [5.74, 6) is 0.948. The Hall–Kier alpha value is -3.51. The van der Waals surface area contributed by atoms with Crippen molar-refractivity contribution in [3.05, 3.63) is 88.4 Å². The van der Waals surface area contributed by atoms with Gasteiger partial charge in [-0.15, -0.1) is 0 Å². The highest BCUT2D eigenvalue weighted by molar-refractivity contribution is 6.31. The van der Waals surface area contributed by atoms with Crippen LogP contribution >= 0.6 is 11.6 Å². The number of rotatable bonds is 6. The summed E-state index contributed by atoms with van der Waals surface area (Å²) in [5, 5.41) is 6.51. The van der Waals surface area contributed by atoms with Crippen LogP contribution in [0.3, 0.4) is 0 Å². The van der Waals surface area contributed by atoms with E-state index in [2.05, 4.69) is 10.6 Å². The van der Waals surface area contributed by atoms with Crippen LogP contribution in [0.15, 0.2) is 66.7 Å². The molecular formula is C25H21ClN2O4. The number of carbonyl (C=O) groups is 2. The summed E-state index contributed by atoms with van der Waals surface area (Å²) in [5.41, 5.74) is 2.79. The summed E-state index contributed by atoms with van der Waals surface area (Å²) in [6.07, 6.45) is 0.744. The molecule has 6 nitrogen and oxygen atoms in total. The Bertz CT molecular complexity index is 1200. The maximum atomic E-state index is 12.8. The largest absolute Gasteiger partial charge is 0.454 e. The fourth-order valence-electron chi connectivity index (χ4n) is 3.95. The molecule has 1 aliphatic heterocycles. The van der Waals surface area contributed by atoms with Gasteiger partial charge in [0.1, 0.15) is 0 Å². The number of hydrogen-bond donors (Lipinski definition) is 2. The van der Waals surface area contributed by atoms with E-state index in [0.29, 0.717) is 34.3 Å². The van der Waals surface area contributed by atoms with Crippen molar-refractivity contribution >= 4 is 29.1 Å². The number of para-hydroxylation sites is 1. The molecule has 7 heteroatoms. The monoisotopic (exact) mass is 448 g/mol. The molecule has 5 rings (SSSR count). The van der Waals surface area contributed by atoms with Crippen LogP contribution < -0.4 is 20.1 Å². The van der Waals surface area contributed by atoms with Gasteiger partial charge in [-0.25, -0.2) is 0 Å². The Morgan fingerprint density at radius 2 is 1.75 bits per heavy atom. The molecule has 1 heterocycles. The van der Waals surface area contributed by atoms with Gasteiger partial charge < -0.3 is 20.1 Å². The van der Waals surface area contributed by atoms with Gasteiger partial charge in [0.05, 0.1) is 11.3 Å². The lowest BCUT2D eigenvalue weighted by atomic mass is 10.1. The third kappa shape index (κ3) is 4.14. The van der Waals surface area contributed by atoms with Gasteiger partial charge in [-0.05, 0) is 53.8 Å². The number of anilines is 1. The second-order valence-electron chi connectivity index (χ2n) is 7.88. The summed E-state index contributed by atoms with van der Waals surface area (Å²) < 4.78 is 10.7. The molecule has 3 aromatic carbocycles. The van der Waals surface area contributed by atoms with Crippen LogP contribution in [-0.4, -0.2) is 18.6 Å². The lowest BCUT2D eigenvalue weighted by Crippen LogP contribution is -2.25. The van der Waals surface area contributed by atoms with Crippen LogP contribution in [0.25, 0.3) is 0 Å². The highest BCUT2D eigenvalue weighted by atomic mass is 35.5. The Balaban J connectivity index is 1.23. The van der Waals surface area contributed by atoms with Gasteiger partial charge >= 0.3 is 0 Å². The fourth-order valence-corrected chi connectivity index (χ4v) is 4.22. The van der Waals surface area contributed by atoms with Gasteiger partial charge in [0.2, 0.25) is 12.7 Å². The predicted octanol–water partition coefficient (Wildman–Crippen LogP) is 4.74. The zero-order chi connectivity index (χ0) is 22.1. The third-order valence-corrected chi connectivity index (χ3v) is 6.10. The van der Waals surface area contributed by atoms with E-state index in [-0.39, 0.29) is 30.4 Å². The van der Waals surface area contributed by atoms with Crippen LogP contribution in [0.1, 0.15) is 33.8 Å². The molecule has 3 aromatic rings. The van der Waals surface area contributed by atoms with E-state index < -0.39 is 0 Å². The van der Waals surface area contributed by atoms with E-state index in [1.54, 1.807) is 24.3 Å². The van der Waals surface area contributed by atoms with Crippen LogP contribution in [-0.2, 0) is 11.3 Å². The average molecular weight is 449 g/mol. The minimum absolute atomic E-state index is 0.106. The first-order valence-electron chi connectivity index (χ1n) is 10.4. The van der Waals surface area contributed by atoms with Crippen LogP contribution in [0.5, 0.6) is 11.5 Å². The van der Waals surface area contributed by atoms with E-state index in [0.717, 1.165) is 17.5 Å². The van der Waals surface area contributed by atoms with Crippen molar-refractivity contribution in [3.8, 4) is 11.5 Å². The molecule has 1 saturated carbocycles. The fraction of sp³-hybridized carbons (Fsp3) is 0.200. The third-order valence-electron chi connectivity index (χ3n) is 5.75. The number of benzene rings is 3. The lowest BCUT2D eigenvalue weighted by Gasteiger charge is -2.12. The van der Waals surface area contributed by atoms with Crippen molar-refractivity contribution in [2.45, 2.75) is 18.9 Å². The molecule has 0 bridgehead atoms. The van der Waals surface area contributed by atoms with Crippen molar-refractivity contribution in [1.29, 1.82) is 0 Å². The number of hydrogen-bond acceptors (Lipinski definition) is 4. The molecule has 2 N–H and O–H groups in total. The molecule has 2 aliphatic rings. The van der Waals surface area contributed by atoms with Crippen molar-refractivity contribution in [2.24, 2.45) is 5.92 Å². The first-order chi connectivity index (χ1) is 15.6. The smallest absolute Gasteiger partial charge is 0.253 e. The SMILES string of the molecule is O=C(NCc1ccc2c(c1)OCO2)c1ccccc1NC(=O)C1CC1c1ccccc1Cl. The molecule has 0 radical (unpaired) electrons. The van der Waals surface area contributed by atoms with Crippen LogP contribution in [0.2, 0.25) is 5.02 Å². The van der Waals surface area contributed by atoms with Crippen LogP contribution in [0, 0.1) is 5.92 Å². The van der Waals surface area contributed by atoms with Crippen molar-refractivity contribution in [2.75, 3.05) is 12.1 Å². The molecule has 32 heavy (non-hydrogen) atoms. The first-order valence-corrected chi connectivity index (χ1v) is 10.8. The Labute approximate surface area is 190 Å². The second-order valence-corrected chi connectivity index (χ2v) is 8.28. The number of ether oxygens (including phenoxy) is 2. The molecule has 2 unspecified atom stereocenters. The van der Waals surface area contributed by atoms with E-state index in [1.807, 2.05) is 42.5 Å². The minimum Gasteiger partial charge on any atom is -0.454 e. The number of fused-ring (bicyclic) bond motifs is 1. The van der Waals surface area contributed by atoms with Gasteiger partial charge in [0.25, 0.3) is 5.91 Å². The normalized spacial score (nSPS) is 18.2.